The number of halogens is 1. The second kappa shape index (κ2) is 8.66. The predicted molar refractivity (Wildman–Crippen MR) is 118 cm³/mol. The number of pyridine rings is 1. The van der Waals surface area contributed by atoms with Gasteiger partial charge in [-0.05, 0) is 48.7 Å². The number of aliphatic hydroxyl groups excluding tert-OH is 1. The van der Waals surface area contributed by atoms with Crippen LogP contribution in [-0.2, 0) is 16.1 Å². The van der Waals surface area contributed by atoms with E-state index in [1.807, 2.05) is 12.1 Å². The van der Waals surface area contributed by atoms with Crippen LogP contribution >= 0.6 is 0 Å². The van der Waals surface area contributed by atoms with Crippen molar-refractivity contribution >= 4 is 34.1 Å². The zero-order chi connectivity index (χ0) is 22.8. The average Bonchev–Trinajstić information content (AvgIpc) is 3.31. The molecule has 8 heteroatoms. The zero-order valence-corrected chi connectivity index (χ0v) is 17.1. The van der Waals surface area contributed by atoms with Gasteiger partial charge in [0.05, 0.1) is 11.1 Å². The van der Waals surface area contributed by atoms with Gasteiger partial charge in [0.15, 0.2) is 5.43 Å². The Bertz CT molecular complexity index is 1290. The molecule has 0 amide bonds. The fourth-order valence-corrected chi connectivity index (χ4v) is 3.91. The molecule has 164 valence electrons. The summed E-state index contributed by atoms with van der Waals surface area (Å²) in [6.07, 6.45) is 4.10. The van der Waals surface area contributed by atoms with Crippen molar-refractivity contribution in [3.63, 3.8) is 0 Å². The van der Waals surface area contributed by atoms with Gasteiger partial charge < -0.3 is 19.7 Å². The number of carboxylic acids is 1. The van der Waals surface area contributed by atoms with E-state index < -0.39 is 22.9 Å². The molecule has 0 saturated carbocycles. The Hall–Kier alpha value is -3.94. The number of carbonyl (C=O) groups excluding carboxylic acids is 1. The summed E-state index contributed by atoms with van der Waals surface area (Å²) in [5.41, 5.74) is 1.64. The molecule has 0 bridgehead atoms. The predicted octanol–water partition coefficient (Wildman–Crippen LogP) is 3.34. The van der Waals surface area contributed by atoms with Crippen LogP contribution in [0.4, 0.5) is 10.1 Å². The highest BCUT2D eigenvalue weighted by Crippen LogP contribution is 2.26. The maximum absolute atomic E-state index is 13.3. The highest BCUT2D eigenvalue weighted by Gasteiger charge is 2.18. The van der Waals surface area contributed by atoms with Crippen LogP contribution in [0.2, 0.25) is 0 Å². The Kier molecular flexibility index (Phi) is 5.77. The lowest BCUT2D eigenvalue weighted by Crippen LogP contribution is -2.19. The molecule has 3 aromatic rings. The van der Waals surface area contributed by atoms with Crippen LogP contribution in [0, 0.1) is 5.82 Å². The van der Waals surface area contributed by atoms with Crippen molar-refractivity contribution in [3.05, 3.63) is 81.9 Å². The van der Waals surface area contributed by atoms with Crippen molar-refractivity contribution in [2.24, 2.45) is 0 Å². The van der Waals surface area contributed by atoms with Gasteiger partial charge in [-0.25, -0.2) is 9.18 Å². The summed E-state index contributed by atoms with van der Waals surface area (Å²) < 4.78 is 15.1. The molecule has 1 aliphatic rings. The number of ketones is 1. The van der Waals surface area contributed by atoms with Gasteiger partial charge in [-0.15, -0.1) is 0 Å². The van der Waals surface area contributed by atoms with Gasteiger partial charge in [0, 0.05) is 43.0 Å². The number of nitrogens with zero attached hydrogens (tertiary/aromatic N) is 2. The van der Waals surface area contributed by atoms with Gasteiger partial charge in [-0.2, -0.15) is 0 Å². The van der Waals surface area contributed by atoms with E-state index in [2.05, 4.69) is 4.90 Å². The number of rotatable bonds is 6. The van der Waals surface area contributed by atoms with Crippen LogP contribution in [0.3, 0.4) is 0 Å². The number of hydrogen-bond donors (Lipinski definition) is 2. The number of benzene rings is 2. The van der Waals surface area contributed by atoms with E-state index >= 15 is 0 Å². The number of fused-ring (bicyclic) bond motifs is 1. The van der Waals surface area contributed by atoms with Gasteiger partial charge in [0.25, 0.3) is 5.78 Å². The van der Waals surface area contributed by atoms with Crippen LogP contribution in [0.25, 0.3) is 16.7 Å². The van der Waals surface area contributed by atoms with E-state index in [9.17, 15) is 23.9 Å². The third-order valence-electron chi connectivity index (χ3n) is 5.56. The zero-order valence-electron chi connectivity index (χ0n) is 17.1. The van der Waals surface area contributed by atoms with Crippen LogP contribution in [-0.4, -0.2) is 39.6 Å². The molecule has 0 radical (unpaired) electrons. The number of aliphatic carboxylic acids is 1. The number of carbonyl (C=O) groups is 2. The summed E-state index contributed by atoms with van der Waals surface area (Å²) in [6, 6.07) is 11.3. The molecule has 4 rings (SSSR count). The first-order chi connectivity index (χ1) is 15.3. The molecule has 32 heavy (non-hydrogen) atoms. The first-order valence-electron chi connectivity index (χ1n) is 10.2. The number of carboxylic acid groups (broad SMARTS) is 1. The Morgan fingerprint density at radius 3 is 2.38 bits per heavy atom. The number of anilines is 1. The van der Waals surface area contributed by atoms with Crippen molar-refractivity contribution in [2.45, 2.75) is 19.4 Å². The van der Waals surface area contributed by atoms with Gasteiger partial charge in [0.2, 0.25) is 0 Å². The van der Waals surface area contributed by atoms with Crippen LogP contribution in [0.1, 0.15) is 24.0 Å². The first-order valence-corrected chi connectivity index (χ1v) is 10.2. The van der Waals surface area contributed by atoms with Crippen molar-refractivity contribution in [2.75, 3.05) is 18.0 Å². The average molecular weight is 436 g/mol. The molecule has 2 heterocycles. The second-order valence-electron chi connectivity index (χ2n) is 7.72. The quantitative estimate of drug-likeness (QED) is 0.349. The van der Waals surface area contributed by atoms with E-state index in [0.29, 0.717) is 17.0 Å². The molecule has 2 N–H and O–H groups in total. The van der Waals surface area contributed by atoms with E-state index in [-0.39, 0.29) is 17.9 Å². The maximum atomic E-state index is 13.3. The minimum atomic E-state index is -1.74. The molecule has 1 aliphatic heterocycles. The fraction of sp³-hybridized carbons (Fsp3) is 0.208. The van der Waals surface area contributed by atoms with E-state index in [0.717, 1.165) is 37.2 Å². The minimum Gasteiger partial charge on any atom is -0.507 e. The molecular weight excluding hydrogens is 415 g/mol. The van der Waals surface area contributed by atoms with Crippen molar-refractivity contribution < 1.29 is 24.2 Å². The van der Waals surface area contributed by atoms with E-state index in [4.69, 9.17) is 5.11 Å². The van der Waals surface area contributed by atoms with Crippen LogP contribution < -0.4 is 10.3 Å². The molecule has 0 unspecified atom stereocenters. The largest absolute Gasteiger partial charge is 0.507 e. The first kappa shape index (κ1) is 21.3. The fourth-order valence-electron chi connectivity index (χ4n) is 3.91. The Balaban J connectivity index is 1.88. The highest BCUT2D eigenvalue weighted by atomic mass is 19.1. The van der Waals surface area contributed by atoms with Gasteiger partial charge >= 0.3 is 5.97 Å². The minimum absolute atomic E-state index is 0.192. The third-order valence-corrected chi connectivity index (χ3v) is 5.56. The normalized spacial score (nSPS) is 14.2. The molecular formula is C24H21FN2O5. The molecule has 7 nitrogen and oxygen atoms in total. The summed E-state index contributed by atoms with van der Waals surface area (Å²) >= 11 is 0. The van der Waals surface area contributed by atoms with Gasteiger partial charge in [-0.1, -0.05) is 12.1 Å². The van der Waals surface area contributed by atoms with E-state index in [1.54, 1.807) is 22.8 Å². The summed E-state index contributed by atoms with van der Waals surface area (Å²) in [5, 5.41) is 19.5. The summed E-state index contributed by atoms with van der Waals surface area (Å²) in [4.78, 5) is 37.6. The third kappa shape index (κ3) is 4.25. The summed E-state index contributed by atoms with van der Waals surface area (Å²) in [5.74, 6) is -4.17. The Labute approximate surface area is 182 Å². The molecule has 0 spiro atoms. The highest BCUT2D eigenvalue weighted by molar-refractivity contribution is 6.38. The molecule has 0 atom stereocenters. The second-order valence-corrected chi connectivity index (χ2v) is 7.72. The van der Waals surface area contributed by atoms with E-state index in [1.165, 1.54) is 18.3 Å². The SMILES string of the molecule is O=C(O)C(=O)C=C(O)c1cn(Cc2ccc(F)cc2)c2cc(N3CCCC3)ccc2c1=O. The smallest absolute Gasteiger partial charge is 0.376 e. The number of aromatic nitrogens is 1. The number of aliphatic hydroxyl groups is 1. The summed E-state index contributed by atoms with van der Waals surface area (Å²) in [6.45, 7) is 2.12. The standard InChI is InChI=1S/C24H21FN2O5/c25-16-5-3-15(4-6-16)13-27-14-19(21(28)12-22(29)24(31)32)23(30)18-8-7-17(11-20(18)27)26-9-1-2-10-26/h3-8,11-12,14,28H,1-2,9-10,13H2,(H,31,32). The lowest BCUT2D eigenvalue weighted by atomic mass is 10.1. The molecule has 1 saturated heterocycles. The van der Waals surface area contributed by atoms with Crippen molar-refractivity contribution in [3.8, 4) is 0 Å². The monoisotopic (exact) mass is 436 g/mol. The lowest BCUT2D eigenvalue weighted by molar-refractivity contribution is -0.146. The lowest BCUT2D eigenvalue weighted by Gasteiger charge is -2.20. The summed E-state index contributed by atoms with van der Waals surface area (Å²) in [7, 11) is 0. The van der Waals surface area contributed by atoms with Crippen LogP contribution in [0.15, 0.2) is 59.5 Å². The van der Waals surface area contributed by atoms with Gasteiger partial charge in [-0.3, -0.25) is 9.59 Å². The Morgan fingerprint density at radius 2 is 1.72 bits per heavy atom. The maximum Gasteiger partial charge on any atom is 0.376 e. The van der Waals surface area contributed by atoms with Gasteiger partial charge in [0.1, 0.15) is 11.6 Å². The van der Waals surface area contributed by atoms with Crippen molar-refractivity contribution in [1.82, 2.24) is 4.57 Å². The Morgan fingerprint density at radius 1 is 1.03 bits per heavy atom. The topological polar surface area (TPSA) is 99.8 Å². The molecule has 2 aromatic carbocycles. The van der Waals surface area contributed by atoms with Crippen LogP contribution in [0.5, 0.6) is 0 Å². The molecule has 1 aromatic heterocycles. The molecule has 1 fully saturated rings. The molecule has 0 aliphatic carbocycles. The number of hydrogen-bond acceptors (Lipinski definition) is 5. The van der Waals surface area contributed by atoms with Crippen molar-refractivity contribution in [1.29, 1.82) is 0 Å².